The molecule has 0 N–H and O–H groups in total. The smallest absolute Gasteiger partial charge is 0.0698 e. The second-order valence-electron chi connectivity index (χ2n) is 5.44. The van der Waals surface area contributed by atoms with Crippen molar-refractivity contribution in [3.63, 3.8) is 0 Å². The van der Waals surface area contributed by atoms with Crippen LogP contribution in [0.15, 0.2) is 12.2 Å². The predicted molar refractivity (Wildman–Crippen MR) is 56.9 cm³/mol. The first kappa shape index (κ1) is 10.8. The minimum absolute atomic E-state index is 0.0353. The Kier molecular flexibility index (Phi) is 2.86. The van der Waals surface area contributed by atoms with Crippen LogP contribution in [0, 0.1) is 0 Å². The number of rotatable bonds is 1. The molecule has 0 aliphatic heterocycles. The Hall–Kier alpha value is -0.300. The first-order valence-electron chi connectivity index (χ1n) is 5.18. The third kappa shape index (κ3) is 3.51. The lowest BCUT2D eigenvalue weighted by Gasteiger charge is -2.40. The molecular formula is C12H22O. The maximum absolute atomic E-state index is 6.08. The molecule has 1 rings (SSSR count). The summed E-state index contributed by atoms with van der Waals surface area (Å²) in [4.78, 5) is 0. The quantitative estimate of drug-likeness (QED) is 0.562. The van der Waals surface area contributed by atoms with Crippen LogP contribution in [0.5, 0.6) is 0 Å². The zero-order valence-electron chi connectivity index (χ0n) is 9.44. The van der Waals surface area contributed by atoms with Crippen molar-refractivity contribution in [1.29, 1.82) is 0 Å². The summed E-state index contributed by atoms with van der Waals surface area (Å²) in [6, 6.07) is 0. The first-order valence-corrected chi connectivity index (χ1v) is 5.18. The Bertz CT molecular complexity index is 200. The van der Waals surface area contributed by atoms with Gasteiger partial charge in [0.1, 0.15) is 0 Å². The Balaban J connectivity index is 2.59. The molecule has 13 heavy (non-hydrogen) atoms. The van der Waals surface area contributed by atoms with E-state index in [1.807, 2.05) is 0 Å². The van der Waals surface area contributed by atoms with Crippen LogP contribution in [0.1, 0.15) is 53.4 Å². The van der Waals surface area contributed by atoms with Crippen LogP contribution in [0.2, 0.25) is 0 Å². The van der Waals surface area contributed by atoms with Crippen LogP contribution in [-0.2, 0) is 4.74 Å². The average Bonchev–Trinajstić information content (AvgIpc) is 1.79. The molecule has 1 aliphatic rings. The van der Waals surface area contributed by atoms with Gasteiger partial charge in [-0.2, -0.15) is 0 Å². The molecule has 1 atom stereocenters. The molecule has 0 heterocycles. The Morgan fingerprint density at radius 1 is 1.38 bits per heavy atom. The largest absolute Gasteiger partial charge is 0.369 e. The standard InChI is InChI=1S/C12H22O/c1-10-7-6-8-12(5,9-10)13-11(2,3)4/h1,6-9H2,2-5H3. The second kappa shape index (κ2) is 3.45. The van der Waals surface area contributed by atoms with Crippen molar-refractivity contribution in [2.45, 2.75) is 64.6 Å². The van der Waals surface area contributed by atoms with E-state index in [2.05, 4.69) is 34.3 Å². The van der Waals surface area contributed by atoms with Crippen LogP contribution < -0.4 is 0 Å². The zero-order chi connectivity index (χ0) is 10.1. The molecule has 1 unspecified atom stereocenters. The van der Waals surface area contributed by atoms with Gasteiger partial charge in [0, 0.05) is 0 Å². The van der Waals surface area contributed by atoms with Gasteiger partial charge in [-0.15, -0.1) is 0 Å². The van der Waals surface area contributed by atoms with Gasteiger partial charge in [0.2, 0.25) is 0 Å². The van der Waals surface area contributed by atoms with Crippen molar-refractivity contribution in [2.24, 2.45) is 0 Å². The van der Waals surface area contributed by atoms with Gasteiger partial charge in [0.05, 0.1) is 11.2 Å². The van der Waals surface area contributed by atoms with Crippen molar-refractivity contribution in [3.05, 3.63) is 12.2 Å². The van der Waals surface area contributed by atoms with Gasteiger partial charge in [0.25, 0.3) is 0 Å². The summed E-state index contributed by atoms with van der Waals surface area (Å²) < 4.78 is 6.08. The summed E-state index contributed by atoms with van der Waals surface area (Å²) in [5, 5.41) is 0. The van der Waals surface area contributed by atoms with Gasteiger partial charge >= 0.3 is 0 Å². The molecule has 0 spiro atoms. The van der Waals surface area contributed by atoms with Crippen molar-refractivity contribution in [2.75, 3.05) is 0 Å². The molecule has 0 amide bonds. The summed E-state index contributed by atoms with van der Waals surface area (Å²) in [6.07, 6.45) is 4.61. The summed E-state index contributed by atoms with van der Waals surface area (Å²) in [5.41, 5.74) is 1.35. The van der Waals surface area contributed by atoms with E-state index in [-0.39, 0.29) is 11.2 Å². The second-order valence-corrected chi connectivity index (χ2v) is 5.44. The van der Waals surface area contributed by atoms with Crippen molar-refractivity contribution >= 4 is 0 Å². The van der Waals surface area contributed by atoms with Crippen molar-refractivity contribution in [1.82, 2.24) is 0 Å². The van der Waals surface area contributed by atoms with E-state index in [1.165, 1.54) is 24.8 Å². The molecule has 1 aliphatic carbocycles. The lowest BCUT2D eigenvalue weighted by molar-refractivity contribution is -0.130. The lowest BCUT2D eigenvalue weighted by atomic mass is 9.83. The molecule has 1 saturated carbocycles. The van der Waals surface area contributed by atoms with E-state index in [9.17, 15) is 0 Å². The van der Waals surface area contributed by atoms with E-state index in [1.54, 1.807) is 0 Å². The fourth-order valence-electron chi connectivity index (χ4n) is 2.24. The third-order valence-electron chi connectivity index (χ3n) is 2.41. The molecule has 1 nitrogen and oxygen atoms in total. The van der Waals surface area contributed by atoms with Crippen molar-refractivity contribution < 1.29 is 4.74 Å². The maximum atomic E-state index is 6.08. The topological polar surface area (TPSA) is 9.23 Å². The summed E-state index contributed by atoms with van der Waals surface area (Å²) in [7, 11) is 0. The van der Waals surface area contributed by atoms with Crippen molar-refractivity contribution in [3.8, 4) is 0 Å². The minimum Gasteiger partial charge on any atom is -0.369 e. The number of hydrogen-bond acceptors (Lipinski definition) is 1. The summed E-state index contributed by atoms with van der Waals surface area (Å²) in [5.74, 6) is 0. The van der Waals surface area contributed by atoms with E-state index in [0.717, 1.165) is 6.42 Å². The molecule has 0 radical (unpaired) electrons. The van der Waals surface area contributed by atoms with Crippen LogP contribution in [0.25, 0.3) is 0 Å². The van der Waals surface area contributed by atoms with Crippen LogP contribution in [0.4, 0.5) is 0 Å². The SMILES string of the molecule is C=C1CCCC(C)(OC(C)(C)C)C1. The fourth-order valence-corrected chi connectivity index (χ4v) is 2.24. The van der Waals surface area contributed by atoms with Crippen LogP contribution in [0.3, 0.4) is 0 Å². The summed E-state index contributed by atoms with van der Waals surface area (Å²) in [6.45, 7) is 12.6. The molecule has 0 saturated heterocycles. The van der Waals surface area contributed by atoms with E-state index in [0.29, 0.717) is 0 Å². The lowest BCUT2D eigenvalue weighted by Crippen LogP contribution is -2.39. The molecule has 0 aromatic carbocycles. The minimum atomic E-state index is -0.0353. The maximum Gasteiger partial charge on any atom is 0.0698 e. The molecular weight excluding hydrogens is 160 g/mol. The Morgan fingerprint density at radius 2 is 2.00 bits per heavy atom. The molecule has 0 aromatic heterocycles. The van der Waals surface area contributed by atoms with Gasteiger partial charge in [-0.05, 0) is 53.4 Å². The highest BCUT2D eigenvalue weighted by Crippen LogP contribution is 2.36. The average molecular weight is 182 g/mol. The molecule has 76 valence electrons. The van der Waals surface area contributed by atoms with Gasteiger partial charge in [-0.1, -0.05) is 12.2 Å². The fraction of sp³-hybridized carbons (Fsp3) is 0.833. The molecule has 0 bridgehead atoms. The highest BCUT2D eigenvalue weighted by molar-refractivity contribution is 5.05. The Labute approximate surface area is 82.2 Å². The molecule has 1 heteroatoms. The Morgan fingerprint density at radius 3 is 2.46 bits per heavy atom. The zero-order valence-corrected chi connectivity index (χ0v) is 9.44. The van der Waals surface area contributed by atoms with Gasteiger partial charge in [-0.3, -0.25) is 0 Å². The van der Waals surface area contributed by atoms with E-state index >= 15 is 0 Å². The third-order valence-corrected chi connectivity index (χ3v) is 2.41. The van der Waals surface area contributed by atoms with Crippen LogP contribution in [-0.4, -0.2) is 11.2 Å². The number of hydrogen-bond donors (Lipinski definition) is 0. The highest BCUT2D eigenvalue weighted by Gasteiger charge is 2.33. The first-order chi connectivity index (χ1) is 5.81. The highest BCUT2D eigenvalue weighted by atomic mass is 16.5. The predicted octanol–water partition coefficient (Wildman–Crippen LogP) is 3.69. The monoisotopic (exact) mass is 182 g/mol. The van der Waals surface area contributed by atoms with E-state index in [4.69, 9.17) is 4.74 Å². The van der Waals surface area contributed by atoms with E-state index < -0.39 is 0 Å². The van der Waals surface area contributed by atoms with Gasteiger partial charge in [0.15, 0.2) is 0 Å². The number of ether oxygens (including phenoxy) is 1. The normalized spacial score (nSPS) is 30.6. The van der Waals surface area contributed by atoms with Gasteiger partial charge in [-0.25, -0.2) is 0 Å². The van der Waals surface area contributed by atoms with Gasteiger partial charge < -0.3 is 4.74 Å². The molecule has 1 fully saturated rings. The van der Waals surface area contributed by atoms with Crippen LogP contribution >= 0.6 is 0 Å². The summed E-state index contributed by atoms with van der Waals surface area (Å²) >= 11 is 0. The molecule has 0 aromatic rings.